The molecule has 6 heteroatoms. The van der Waals surface area contributed by atoms with Gasteiger partial charge in [0.2, 0.25) is 5.95 Å². The Balaban J connectivity index is 0.00000128. The molecule has 0 saturated carbocycles. The van der Waals surface area contributed by atoms with E-state index in [1.54, 1.807) is 6.07 Å². The molecule has 1 aliphatic rings. The molecular formula is C11H18Cl2FN3. The number of halogens is 3. The van der Waals surface area contributed by atoms with Crippen LogP contribution in [0.5, 0.6) is 0 Å². The van der Waals surface area contributed by atoms with Crippen molar-refractivity contribution < 1.29 is 4.39 Å². The second kappa shape index (κ2) is 7.82. The highest BCUT2D eigenvalue weighted by Crippen LogP contribution is 2.21. The van der Waals surface area contributed by atoms with Gasteiger partial charge in [-0.05, 0) is 13.0 Å². The van der Waals surface area contributed by atoms with Crippen molar-refractivity contribution in [1.82, 2.24) is 15.2 Å². The first-order valence-corrected chi connectivity index (χ1v) is 5.34. The van der Waals surface area contributed by atoms with Gasteiger partial charge in [0.25, 0.3) is 0 Å². The lowest BCUT2D eigenvalue weighted by molar-refractivity contribution is 0.181. The Hall–Kier alpha value is -0.420. The van der Waals surface area contributed by atoms with E-state index in [1.165, 1.54) is 6.20 Å². The highest BCUT2D eigenvalue weighted by atomic mass is 35.5. The van der Waals surface area contributed by atoms with Crippen molar-refractivity contribution in [3.8, 4) is 0 Å². The minimum absolute atomic E-state index is 0. The molecule has 1 aromatic heterocycles. The van der Waals surface area contributed by atoms with Gasteiger partial charge >= 0.3 is 0 Å². The summed E-state index contributed by atoms with van der Waals surface area (Å²) < 4.78 is 13.4. The molecule has 1 fully saturated rings. The molecule has 17 heavy (non-hydrogen) atoms. The summed E-state index contributed by atoms with van der Waals surface area (Å²) >= 11 is 0. The summed E-state index contributed by atoms with van der Waals surface area (Å²) in [7, 11) is 0. The van der Waals surface area contributed by atoms with E-state index in [4.69, 9.17) is 0 Å². The SMILES string of the molecule is C[C@@H](c1cccnc1F)N1CCNCC1.Cl.Cl. The predicted octanol–water partition coefficient (Wildman–Crippen LogP) is 2.03. The Bertz CT molecular complexity index is 332. The van der Waals surface area contributed by atoms with E-state index >= 15 is 0 Å². The third kappa shape index (κ3) is 4.07. The molecule has 2 rings (SSSR count). The fourth-order valence-electron chi connectivity index (χ4n) is 1.98. The first-order valence-electron chi connectivity index (χ1n) is 5.34. The minimum atomic E-state index is -0.344. The largest absolute Gasteiger partial charge is 0.314 e. The first kappa shape index (κ1) is 16.6. The van der Waals surface area contributed by atoms with Crippen molar-refractivity contribution in [2.75, 3.05) is 26.2 Å². The minimum Gasteiger partial charge on any atom is -0.314 e. The molecule has 0 unspecified atom stereocenters. The normalized spacial score (nSPS) is 17.8. The molecule has 0 spiro atoms. The van der Waals surface area contributed by atoms with Gasteiger partial charge in [0, 0.05) is 44.0 Å². The van der Waals surface area contributed by atoms with E-state index in [0.717, 1.165) is 26.2 Å². The van der Waals surface area contributed by atoms with Gasteiger partial charge in [0.05, 0.1) is 0 Å². The van der Waals surface area contributed by atoms with Crippen molar-refractivity contribution in [1.29, 1.82) is 0 Å². The summed E-state index contributed by atoms with van der Waals surface area (Å²) in [5, 5.41) is 3.28. The summed E-state index contributed by atoms with van der Waals surface area (Å²) in [6.07, 6.45) is 1.49. The van der Waals surface area contributed by atoms with E-state index in [2.05, 4.69) is 15.2 Å². The molecule has 1 aliphatic heterocycles. The molecule has 1 saturated heterocycles. The highest BCUT2D eigenvalue weighted by molar-refractivity contribution is 5.85. The lowest BCUT2D eigenvalue weighted by Gasteiger charge is -2.32. The van der Waals surface area contributed by atoms with E-state index in [1.807, 2.05) is 13.0 Å². The molecule has 0 bridgehead atoms. The monoisotopic (exact) mass is 281 g/mol. The first-order chi connectivity index (χ1) is 7.29. The third-order valence-corrected chi connectivity index (χ3v) is 2.94. The van der Waals surface area contributed by atoms with Crippen LogP contribution < -0.4 is 5.32 Å². The molecule has 0 aromatic carbocycles. The molecule has 1 N–H and O–H groups in total. The number of pyridine rings is 1. The number of hydrogen-bond acceptors (Lipinski definition) is 3. The zero-order valence-electron chi connectivity index (χ0n) is 9.73. The van der Waals surface area contributed by atoms with Gasteiger partial charge in [0.15, 0.2) is 0 Å². The van der Waals surface area contributed by atoms with Crippen LogP contribution in [-0.2, 0) is 0 Å². The summed E-state index contributed by atoms with van der Waals surface area (Å²) in [5.74, 6) is -0.344. The topological polar surface area (TPSA) is 28.2 Å². The summed E-state index contributed by atoms with van der Waals surface area (Å²) in [6.45, 7) is 5.93. The number of aromatic nitrogens is 1. The fourth-order valence-corrected chi connectivity index (χ4v) is 1.98. The van der Waals surface area contributed by atoms with Crippen LogP contribution in [0.25, 0.3) is 0 Å². The number of nitrogens with zero attached hydrogens (tertiary/aromatic N) is 2. The molecule has 1 atom stereocenters. The highest BCUT2D eigenvalue weighted by Gasteiger charge is 2.20. The van der Waals surface area contributed by atoms with Crippen molar-refractivity contribution >= 4 is 24.8 Å². The number of piperazine rings is 1. The average Bonchev–Trinajstić information content (AvgIpc) is 2.30. The number of rotatable bonds is 2. The Kier molecular flexibility index (Phi) is 7.63. The smallest absolute Gasteiger partial charge is 0.217 e. The van der Waals surface area contributed by atoms with Crippen LogP contribution in [0.4, 0.5) is 4.39 Å². The number of hydrogen-bond donors (Lipinski definition) is 1. The Morgan fingerprint density at radius 3 is 2.59 bits per heavy atom. The molecular weight excluding hydrogens is 264 g/mol. The maximum Gasteiger partial charge on any atom is 0.217 e. The average molecular weight is 282 g/mol. The van der Waals surface area contributed by atoms with Crippen LogP contribution >= 0.6 is 24.8 Å². The lowest BCUT2D eigenvalue weighted by Crippen LogP contribution is -2.44. The maximum atomic E-state index is 13.4. The van der Waals surface area contributed by atoms with E-state index in [9.17, 15) is 4.39 Å². The molecule has 0 radical (unpaired) electrons. The Morgan fingerprint density at radius 1 is 1.35 bits per heavy atom. The second-order valence-corrected chi connectivity index (χ2v) is 3.85. The zero-order chi connectivity index (χ0) is 10.7. The molecule has 0 aliphatic carbocycles. The predicted molar refractivity (Wildman–Crippen MR) is 71.5 cm³/mol. The van der Waals surface area contributed by atoms with Crippen molar-refractivity contribution in [3.63, 3.8) is 0 Å². The van der Waals surface area contributed by atoms with Crippen LogP contribution in [-0.4, -0.2) is 36.1 Å². The third-order valence-electron chi connectivity index (χ3n) is 2.94. The van der Waals surface area contributed by atoms with Gasteiger partial charge in [-0.25, -0.2) is 4.98 Å². The Morgan fingerprint density at radius 2 is 2.00 bits per heavy atom. The molecule has 2 heterocycles. The van der Waals surface area contributed by atoms with E-state index < -0.39 is 0 Å². The molecule has 98 valence electrons. The van der Waals surface area contributed by atoms with Gasteiger partial charge in [-0.15, -0.1) is 24.8 Å². The van der Waals surface area contributed by atoms with Gasteiger partial charge in [-0.2, -0.15) is 4.39 Å². The van der Waals surface area contributed by atoms with Gasteiger partial charge in [-0.3, -0.25) is 4.90 Å². The summed E-state index contributed by atoms with van der Waals surface area (Å²) in [6, 6.07) is 3.72. The van der Waals surface area contributed by atoms with Crippen molar-refractivity contribution in [2.24, 2.45) is 0 Å². The summed E-state index contributed by atoms with van der Waals surface area (Å²) in [5.41, 5.74) is 0.694. The summed E-state index contributed by atoms with van der Waals surface area (Å²) in [4.78, 5) is 5.96. The van der Waals surface area contributed by atoms with Crippen LogP contribution in [0.2, 0.25) is 0 Å². The van der Waals surface area contributed by atoms with E-state index in [-0.39, 0.29) is 36.8 Å². The number of nitrogens with one attached hydrogen (secondary N) is 1. The molecule has 1 aromatic rings. The maximum absolute atomic E-state index is 13.4. The van der Waals surface area contributed by atoms with Crippen LogP contribution in [0.3, 0.4) is 0 Å². The van der Waals surface area contributed by atoms with Crippen molar-refractivity contribution in [2.45, 2.75) is 13.0 Å². The van der Waals surface area contributed by atoms with Gasteiger partial charge in [0.1, 0.15) is 0 Å². The van der Waals surface area contributed by atoms with Crippen LogP contribution in [0.1, 0.15) is 18.5 Å². The standard InChI is InChI=1S/C11H16FN3.2ClH/c1-9(15-7-5-13-6-8-15)10-3-2-4-14-11(10)12;;/h2-4,9,13H,5-8H2,1H3;2*1H/t9-;;/m0../s1. The lowest BCUT2D eigenvalue weighted by atomic mass is 10.1. The molecule has 3 nitrogen and oxygen atoms in total. The van der Waals surface area contributed by atoms with Gasteiger partial charge in [-0.1, -0.05) is 6.07 Å². The van der Waals surface area contributed by atoms with Crippen LogP contribution in [0, 0.1) is 5.95 Å². The second-order valence-electron chi connectivity index (χ2n) is 3.85. The van der Waals surface area contributed by atoms with Crippen LogP contribution in [0.15, 0.2) is 18.3 Å². The quantitative estimate of drug-likeness (QED) is 0.841. The fraction of sp³-hybridized carbons (Fsp3) is 0.545. The van der Waals surface area contributed by atoms with Gasteiger partial charge < -0.3 is 5.32 Å². The van der Waals surface area contributed by atoms with E-state index in [0.29, 0.717) is 5.56 Å². The molecule has 0 amide bonds. The Labute approximate surface area is 114 Å². The zero-order valence-corrected chi connectivity index (χ0v) is 11.4. The van der Waals surface area contributed by atoms with Crippen molar-refractivity contribution in [3.05, 3.63) is 29.8 Å².